The maximum atomic E-state index is 12.9. The molecule has 0 radical (unpaired) electrons. The first kappa shape index (κ1) is 16.7. The van der Waals surface area contributed by atoms with Crippen molar-refractivity contribution in [3.05, 3.63) is 22.7 Å². The Hall–Kier alpha value is -0.630. The Morgan fingerprint density at radius 3 is 2.52 bits per heavy atom. The van der Waals surface area contributed by atoms with Crippen LogP contribution in [0.15, 0.2) is 27.6 Å². The molecule has 0 N–H and O–H groups in total. The van der Waals surface area contributed by atoms with Crippen LogP contribution in [0.1, 0.15) is 20.8 Å². The van der Waals surface area contributed by atoms with E-state index < -0.39 is 10.0 Å². The number of hydrogen-bond acceptors (Lipinski definition) is 4. The zero-order valence-corrected chi connectivity index (χ0v) is 14.8. The lowest BCUT2D eigenvalue weighted by atomic mass is 10.3. The molecule has 1 aliphatic rings. The van der Waals surface area contributed by atoms with E-state index >= 15 is 0 Å². The zero-order chi connectivity index (χ0) is 15.6. The van der Waals surface area contributed by atoms with Crippen molar-refractivity contribution in [1.82, 2.24) is 4.31 Å². The molecular formula is C14H20BrNO4S. The van der Waals surface area contributed by atoms with E-state index in [-0.39, 0.29) is 17.1 Å². The van der Waals surface area contributed by atoms with E-state index in [0.717, 1.165) is 0 Å². The third-order valence-electron chi connectivity index (χ3n) is 3.21. The van der Waals surface area contributed by atoms with E-state index in [1.807, 2.05) is 20.8 Å². The highest BCUT2D eigenvalue weighted by atomic mass is 79.9. The molecule has 1 saturated heterocycles. The number of hydrogen-bond donors (Lipinski definition) is 0. The molecule has 21 heavy (non-hydrogen) atoms. The van der Waals surface area contributed by atoms with Crippen LogP contribution >= 0.6 is 15.9 Å². The van der Waals surface area contributed by atoms with Gasteiger partial charge in [0.2, 0.25) is 10.0 Å². The molecule has 0 aromatic heterocycles. The largest absolute Gasteiger partial charge is 0.492 e. The first-order valence-electron chi connectivity index (χ1n) is 6.92. The van der Waals surface area contributed by atoms with Gasteiger partial charge in [-0.05, 0) is 39.0 Å². The Kier molecular flexibility index (Phi) is 5.29. The lowest BCUT2D eigenvalue weighted by Crippen LogP contribution is -2.48. The Balaban J connectivity index is 2.41. The van der Waals surface area contributed by atoms with Gasteiger partial charge in [0.15, 0.2) is 0 Å². The molecule has 0 unspecified atom stereocenters. The molecule has 1 aromatic carbocycles. The van der Waals surface area contributed by atoms with Crippen LogP contribution in [0.25, 0.3) is 0 Å². The molecule has 118 valence electrons. The van der Waals surface area contributed by atoms with Crippen molar-refractivity contribution >= 4 is 26.0 Å². The summed E-state index contributed by atoms with van der Waals surface area (Å²) in [6.45, 7) is 6.71. The average molecular weight is 378 g/mol. The normalized spacial score (nSPS) is 24.0. The van der Waals surface area contributed by atoms with E-state index in [0.29, 0.717) is 29.9 Å². The number of sulfonamides is 1. The van der Waals surface area contributed by atoms with E-state index in [1.165, 1.54) is 4.31 Å². The first-order valence-corrected chi connectivity index (χ1v) is 9.16. The summed E-state index contributed by atoms with van der Waals surface area (Å²) in [5, 5.41) is 0. The van der Waals surface area contributed by atoms with Gasteiger partial charge < -0.3 is 9.47 Å². The van der Waals surface area contributed by atoms with Crippen LogP contribution in [0.5, 0.6) is 5.75 Å². The van der Waals surface area contributed by atoms with Gasteiger partial charge >= 0.3 is 0 Å². The lowest BCUT2D eigenvalue weighted by molar-refractivity contribution is -0.0441. The van der Waals surface area contributed by atoms with Gasteiger partial charge in [-0.15, -0.1) is 0 Å². The molecule has 7 heteroatoms. The Morgan fingerprint density at radius 2 is 1.95 bits per heavy atom. The van der Waals surface area contributed by atoms with Crippen LogP contribution in [0.3, 0.4) is 0 Å². The smallest absolute Gasteiger partial charge is 0.246 e. The molecule has 1 fully saturated rings. The fourth-order valence-electron chi connectivity index (χ4n) is 2.42. The van der Waals surface area contributed by atoms with Gasteiger partial charge in [0.25, 0.3) is 0 Å². The predicted molar refractivity (Wildman–Crippen MR) is 84.1 cm³/mol. The van der Waals surface area contributed by atoms with E-state index in [2.05, 4.69) is 15.9 Å². The summed E-state index contributed by atoms with van der Waals surface area (Å²) in [6, 6.07) is 5.04. The van der Waals surface area contributed by atoms with Crippen LogP contribution in [0.4, 0.5) is 0 Å². The molecule has 1 heterocycles. The van der Waals surface area contributed by atoms with Crippen LogP contribution in [0, 0.1) is 0 Å². The minimum Gasteiger partial charge on any atom is -0.492 e. The van der Waals surface area contributed by atoms with Crippen LogP contribution in [-0.4, -0.2) is 44.6 Å². The van der Waals surface area contributed by atoms with Crippen molar-refractivity contribution < 1.29 is 17.9 Å². The van der Waals surface area contributed by atoms with Crippen LogP contribution in [0.2, 0.25) is 0 Å². The van der Waals surface area contributed by atoms with Crippen molar-refractivity contribution in [3.63, 3.8) is 0 Å². The van der Waals surface area contributed by atoms with Crippen LogP contribution in [-0.2, 0) is 14.8 Å². The second kappa shape index (κ2) is 6.64. The fourth-order valence-corrected chi connectivity index (χ4v) is 4.68. The maximum Gasteiger partial charge on any atom is 0.246 e. The number of ether oxygens (including phenoxy) is 2. The summed E-state index contributed by atoms with van der Waals surface area (Å²) >= 11 is 3.32. The Bertz CT molecular complexity index is 595. The van der Waals surface area contributed by atoms with E-state index in [4.69, 9.17) is 9.47 Å². The van der Waals surface area contributed by atoms with Gasteiger partial charge in [-0.1, -0.05) is 15.9 Å². The molecule has 2 atom stereocenters. The highest BCUT2D eigenvalue weighted by Gasteiger charge is 2.34. The lowest BCUT2D eigenvalue weighted by Gasteiger charge is -2.34. The second-order valence-corrected chi connectivity index (χ2v) is 7.93. The second-order valence-electron chi connectivity index (χ2n) is 5.10. The zero-order valence-electron chi connectivity index (χ0n) is 12.4. The van der Waals surface area contributed by atoms with Gasteiger partial charge in [-0.3, -0.25) is 0 Å². The molecule has 0 saturated carbocycles. The highest BCUT2D eigenvalue weighted by molar-refractivity contribution is 9.10. The number of nitrogens with zero attached hydrogens (tertiary/aromatic N) is 1. The maximum absolute atomic E-state index is 12.9. The van der Waals surface area contributed by atoms with Gasteiger partial charge in [0.1, 0.15) is 10.6 Å². The summed E-state index contributed by atoms with van der Waals surface area (Å²) in [7, 11) is -3.60. The van der Waals surface area contributed by atoms with Crippen LogP contribution < -0.4 is 4.74 Å². The molecule has 1 aliphatic heterocycles. The fraction of sp³-hybridized carbons (Fsp3) is 0.571. The van der Waals surface area contributed by atoms with E-state index in [1.54, 1.807) is 18.2 Å². The number of morpholine rings is 1. The third-order valence-corrected chi connectivity index (χ3v) is 5.56. The summed E-state index contributed by atoms with van der Waals surface area (Å²) in [5.74, 6) is 0.382. The van der Waals surface area contributed by atoms with Crippen molar-refractivity contribution in [2.75, 3.05) is 19.7 Å². The highest BCUT2D eigenvalue weighted by Crippen LogP contribution is 2.31. The number of halogens is 1. The molecule has 0 spiro atoms. The van der Waals surface area contributed by atoms with Crippen molar-refractivity contribution in [3.8, 4) is 5.75 Å². The molecule has 5 nitrogen and oxygen atoms in total. The molecule has 2 rings (SSSR count). The monoisotopic (exact) mass is 377 g/mol. The van der Waals surface area contributed by atoms with Crippen molar-refractivity contribution in [2.45, 2.75) is 37.9 Å². The summed E-state index contributed by atoms with van der Waals surface area (Å²) in [5.41, 5.74) is 0. The third kappa shape index (κ3) is 3.77. The topological polar surface area (TPSA) is 55.8 Å². The Morgan fingerprint density at radius 1 is 1.33 bits per heavy atom. The first-order chi connectivity index (χ1) is 9.84. The van der Waals surface area contributed by atoms with Crippen molar-refractivity contribution in [1.29, 1.82) is 0 Å². The van der Waals surface area contributed by atoms with Gasteiger partial charge in [0, 0.05) is 17.6 Å². The SMILES string of the molecule is CCOc1ccc(Br)cc1S(=O)(=O)N1C[C@H](C)O[C@@H](C)C1. The number of benzene rings is 1. The summed E-state index contributed by atoms with van der Waals surface area (Å²) in [6.07, 6.45) is -0.238. The van der Waals surface area contributed by atoms with Gasteiger partial charge in [-0.2, -0.15) is 4.31 Å². The van der Waals surface area contributed by atoms with Crippen molar-refractivity contribution in [2.24, 2.45) is 0 Å². The average Bonchev–Trinajstić information content (AvgIpc) is 2.40. The molecular weight excluding hydrogens is 358 g/mol. The molecule has 0 bridgehead atoms. The number of rotatable bonds is 4. The van der Waals surface area contributed by atoms with E-state index in [9.17, 15) is 8.42 Å². The minimum atomic E-state index is -3.60. The standard InChI is InChI=1S/C14H20BrNO4S/c1-4-19-13-6-5-12(15)7-14(13)21(17,18)16-8-10(2)20-11(3)9-16/h5-7,10-11H,4,8-9H2,1-3H3/t10-,11-/m0/s1. The predicted octanol–water partition coefficient (Wildman–Crippen LogP) is 2.65. The summed E-state index contributed by atoms with van der Waals surface area (Å²) < 4.78 is 39.0. The van der Waals surface area contributed by atoms with Gasteiger partial charge in [0.05, 0.1) is 18.8 Å². The quantitative estimate of drug-likeness (QED) is 0.809. The summed E-state index contributed by atoms with van der Waals surface area (Å²) in [4.78, 5) is 0.194. The minimum absolute atomic E-state index is 0.119. The molecule has 1 aromatic rings. The molecule has 0 aliphatic carbocycles. The molecule has 0 amide bonds. The Labute approximate surface area is 134 Å². The van der Waals surface area contributed by atoms with Gasteiger partial charge in [-0.25, -0.2) is 8.42 Å².